The van der Waals surface area contributed by atoms with Crippen LogP contribution in [0.5, 0.6) is 0 Å². The molecule has 1 atom stereocenters. The van der Waals surface area contributed by atoms with Gasteiger partial charge in [0, 0.05) is 24.5 Å². The Morgan fingerprint density at radius 3 is 2.45 bits per heavy atom. The van der Waals surface area contributed by atoms with Crippen LogP contribution in [0.4, 0.5) is 5.69 Å². The molecule has 1 aromatic carbocycles. The second-order valence-corrected chi connectivity index (χ2v) is 4.81. The zero-order valence-electron chi connectivity index (χ0n) is 12.2. The Kier molecular flexibility index (Phi) is 4.08. The van der Waals surface area contributed by atoms with Crippen LogP contribution in [0.3, 0.4) is 0 Å². The first-order valence-electron chi connectivity index (χ1n) is 6.42. The highest BCUT2D eigenvalue weighted by atomic mass is 16.5. The number of ether oxygens (including phenoxy) is 1. The van der Waals surface area contributed by atoms with Gasteiger partial charge in [0.1, 0.15) is 0 Å². The van der Waals surface area contributed by atoms with E-state index in [1.165, 1.54) is 12.7 Å². The third-order valence-electron chi connectivity index (χ3n) is 3.16. The van der Waals surface area contributed by atoms with Gasteiger partial charge in [-0.3, -0.25) is 4.68 Å². The van der Waals surface area contributed by atoms with Crippen molar-refractivity contribution in [3.05, 3.63) is 47.3 Å². The summed E-state index contributed by atoms with van der Waals surface area (Å²) in [7, 11) is 3.22. The van der Waals surface area contributed by atoms with Gasteiger partial charge in [-0.25, -0.2) is 4.79 Å². The first-order chi connectivity index (χ1) is 9.51. The molecule has 0 spiro atoms. The van der Waals surface area contributed by atoms with Crippen molar-refractivity contribution in [2.24, 2.45) is 7.05 Å². The molecule has 0 saturated heterocycles. The Hall–Kier alpha value is -2.30. The molecule has 0 radical (unpaired) electrons. The van der Waals surface area contributed by atoms with Gasteiger partial charge in [-0.2, -0.15) is 5.10 Å². The number of rotatable bonds is 4. The smallest absolute Gasteiger partial charge is 0.333 e. The molecule has 0 saturated carbocycles. The minimum absolute atomic E-state index is 0.332. The van der Waals surface area contributed by atoms with Crippen LogP contribution in [-0.2, 0) is 16.6 Å². The fraction of sp³-hybridized carbons (Fsp3) is 0.333. The minimum Gasteiger partial charge on any atom is -0.467 e. The number of anilines is 1. The maximum Gasteiger partial charge on any atom is 0.333 e. The van der Waals surface area contributed by atoms with E-state index >= 15 is 0 Å². The summed E-state index contributed by atoms with van der Waals surface area (Å²) in [4.78, 5) is 12.0. The monoisotopic (exact) mass is 273 g/mol. The van der Waals surface area contributed by atoms with Crippen molar-refractivity contribution in [3.63, 3.8) is 0 Å². The van der Waals surface area contributed by atoms with Crippen molar-refractivity contribution in [2.75, 3.05) is 12.4 Å². The fourth-order valence-corrected chi connectivity index (χ4v) is 2.10. The number of aromatic nitrogens is 2. The third kappa shape index (κ3) is 2.99. The molecular formula is C15H19N3O2. The first kappa shape index (κ1) is 14.1. The van der Waals surface area contributed by atoms with Crippen LogP contribution in [-0.4, -0.2) is 22.9 Å². The Morgan fingerprint density at radius 1 is 1.30 bits per heavy atom. The number of esters is 1. The molecule has 0 bridgehead atoms. The zero-order valence-corrected chi connectivity index (χ0v) is 12.2. The van der Waals surface area contributed by atoms with Gasteiger partial charge in [-0.05, 0) is 26.0 Å². The summed E-state index contributed by atoms with van der Waals surface area (Å²) in [5.74, 6) is -0.332. The molecule has 106 valence electrons. The summed E-state index contributed by atoms with van der Waals surface area (Å²) in [6.07, 6.45) is 1.83. The second-order valence-electron chi connectivity index (χ2n) is 4.81. The van der Waals surface area contributed by atoms with Crippen LogP contribution in [0.2, 0.25) is 0 Å². The van der Waals surface area contributed by atoms with Crippen molar-refractivity contribution < 1.29 is 9.53 Å². The average Bonchev–Trinajstić information content (AvgIpc) is 2.76. The number of nitrogens with zero attached hydrogens (tertiary/aromatic N) is 2. The van der Waals surface area contributed by atoms with Crippen LogP contribution in [0.15, 0.2) is 30.5 Å². The molecule has 1 aromatic heterocycles. The highest BCUT2D eigenvalue weighted by Crippen LogP contribution is 2.23. The summed E-state index contributed by atoms with van der Waals surface area (Å²) < 4.78 is 6.58. The van der Waals surface area contributed by atoms with Gasteiger partial charge in [-0.15, -0.1) is 0 Å². The molecule has 5 nitrogen and oxygen atoms in total. The number of hydrogen-bond donors (Lipinski definition) is 1. The maximum atomic E-state index is 12.0. The molecule has 0 fully saturated rings. The normalized spacial score (nSPS) is 12.0. The van der Waals surface area contributed by atoms with Gasteiger partial charge in [0.15, 0.2) is 6.04 Å². The summed E-state index contributed by atoms with van der Waals surface area (Å²) in [6, 6.07) is 7.31. The molecule has 0 amide bonds. The molecule has 0 aliphatic rings. The van der Waals surface area contributed by atoms with Crippen molar-refractivity contribution >= 4 is 11.7 Å². The van der Waals surface area contributed by atoms with Crippen LogP contribution in [0.25, 0.3) is 0 Å². The topological polar surface area (TPSA) is 56.1 Å². The molecule has 0 aliphatic heterocycles. The fourth-order valence-electron chi connectivity index (χ4n) is 2.10. The standard InChI is InChI=1S/C15H19N3O2/c1-10-5-7-12(8-6-10)16-14(15(19)20-4)13-9-18(3)17-11(13)2/h5-9,14,16H,1-4H3. The number of methoxy groups -OCH3 is 1. The van der Waals surface area contributed by atoms with Crippen molar-refractivity contribution in [1.82, 2.24) is 9.78 Å². The molecule has 0 aliphatic carbocycles. The van der Waals surface area contributed by atoms with E-state index in [9.17, 15) is 4.79 Å². The quantitative estimate of drug-likeness (QED) is 0.869. The number of hydrogen-bond acceptors (Lipinski definition) is 4. The molecule has 2 rings (SSSR count). The number of benzene rings is 1. The lowest BCUT2D eigenvalue weighted by Gasteiger charge is -2.17. The van der Waals surface area contributed by atoms with E-state index in [2.05, 4.69) is 10.4 Å². The van der Waals surface area contributed by atoms with Gasteiger partial charge in [0.25, 0.3) is 0 Å². The SMILES string of the molecule is COC(=O)C(Nc1ccc(C)cc1)c1cn(C)nc1C. The zero-order chi connectivity index (χ0) is 14.7. The molecule has 1 unspecified atom stereocenters. The van der Waals surface area contributed by atoms with E-state index in [1.807, 2.05) is 51.4 Å². The highest BCUT2D eigenvalue weighted by molar-refractivity contribution is 5.81. The summed E-state index contributed by atoms with van der Waals surface area (Å²) in [6.45, 7) is 3.90. The van der Waals surface area contributed by atoms with E-state index < -0.39 is 6.04 Å². The largest absolute Gasteiger partial charge is 0.467 e. The number of carbonyl (C=O) groups excluding carboxylic acids is 1. The van der Waals surface area contributed by atoms with E-state index in [0.717, 1.165) is 16.9 Å². The molecule has 1 heterocycles. The van der Waals surface area contributed by atoms with Crippen molar-refractivity contribution in [1.29, 1.82) is 0 Å². The molecular weight excluding hydrogens is 254 g/mol. The van der Waals surface area contributed by atoms with Crippen LogP contribution in [0, 0.1) is 13.8 Å². The Balaban J connectivity index is 2.31. The van der Waals surface area contributed by atoms with Gasteiger partial charge < -0.3 is 10.1 Å². The average molecular weight is 273 g/mol. The predicted molar refractivity (Wildman–Crippen MR) is 77.5 cm³/mol. The first-order valence-corrected chi connectivity index (χ1v) is 6.42. The van der Waals surface area contributed by atoms with Gasteiger partial charge in [-0.1, -0.05) is 17.7 Å². The lowest BCUT2D eigenvalue weighted by Crippen LogP contribution is -2.22. The molecule has 5 heteroatoms. The van der Waals surface area contributed by atoms with Crippen LogP contribution in [0.1, 0.15) is 22.9 Å². The van der Waals surface area contributed by atoms with Gasteiger partial charge in [0.2, 0.25) is 0 Å². The van der Waals surface area contributed by atoms with Crippen molar-refractivity contribution in [3.8, 4) is 0 Å². The van der Waals surface area contributed by atoms with Crippen molar-refractivity contribution in [2.45, 2.75) is 19.9 Å². The number of aryl methyl sites for hydroxylation is 3. The second kappa shape index (κ2) is 5.77. The third-order valence-corrected chi connectivity index (χ3v) is 3.16. The summed E-state index contributed by atoms with van der Waals surface area (Å²) in [5, 5.41) is 7.47. The van der Waals surface area contributed by atoms with Gasteiger partial charge in [0.05, 0.1) is 12.8 Å². The lowest BCUT2D eigenvalue weighted by molar-refractivity contribution is -0.141. The maximum absolute atomic E-state index is 12.0. The van der Waals surface area contributed by atoms with E-state index in [0.29, 0.717) is 0 Å². The Bertz CT molecular complexity index is 602. The molecule has 1 N–H and O–H groups in total. The van der Waals surface area contributed by atoms with Crippen LogP contribution >= 0.6 is 0 Å². The van der Waals surface area contributed by atoms with E-state index in [1.54, 1.807) is 4.68 Å². The summed E-state index contributed by atoms with van der Waals surface area (Å²) >= 11 is 0. The highest BCUT2D eigenvalue weighted by Gasteiger charge is 2.25. The van der Waals surface area contributed by atoms with E-state index in [-0.39, 0.29) is 5.97 Å². The number of carbonyl (C=O) groups is 1. The minimum atomic E-state index is -0.559. The van der Waals surface area contributed by atoms with Gasteiger partial charge >= 0.3 is 5.97 Å². The molecule has 2 aromatic rings. The summed E-state index contributed by atoms with van der Waals surface area (Å²) in [5.41, 5.74) is 3.67. The Morgan fingerprint density at radius 2 is 1.95 bits per heavy atom. The number of nitrogens with one attached hydrogen (secondary N) is 1. The Labute approximate surface area is 118 Å². The van der Waals surface area contributed by atoms with Crippen LogP contribution < -0.4 is 5.32 Å². The predicted octanol–water partition coefficient (Wildman–Crippen LogP) is 2.36. The van der Waals surface area contributed by atoms with E-state index in [4.69, 9.17) is 4.74 Å². The molecule has 20 heavy (non-hydrogen) atoms. The lowest BCUT2D eigenvalue weighted by atomic mass is 10.1.